The van der Waals surface area contributed by atoms with Crippen LogP contribution in [0.2, 0.25) is 0 Å². The Morgan fingerprint density at radius 3 is 2.71 bits per heavy atom. The average molecular weight is 192 g/mol. The van der Waals surface area contributed by atoms with Crippen LogP contribution in [0.5, 0.6) is 5.95 Å². The Hall–Kier alpha value is -1.77. The van der Waals surface area contributed by atoms with E-state index in [1.165, 1.54) is 13.2 Å². The number of allylic oxidation sites excluding steroid dienone is 3. The molecule has 1 aromatic heterocycles. The summed E-state index contributed by atoms with van der Waals surface area (Å²) in [4.78, 5) is 11.1. The summed E-state index contributed by atoms with van der Waals surface area (Å²) in [6, 6.07) is 1.60. The first-order valence-electron chi connectivity index (χ1n) is 4.27. The molecule has 3 heteroatoms. The van der Waals surface area contributed by atoms with E-state index in [0.29, 0.717) is 11.1 Å². The second-order valence-electron chi connectivity index (χ2n) is 2.84. The van der Waals surface area contributed by atoms with Crippen molar-refractivity contribution in [1.82, 2.24) is 0 Å². The molecule has 0 saturated carbocycles. The average Bonchev–Trinajstić information content (AvgIpc) is 2.51. The van der Waals surface area contributed by atoms with Crippen LogP contribution >= 0.6 is 0 Å². The highest BCUT2D eigenvalue weighted by Gasteiger charge is 2.04. The molecule has 0 fully saturated rings. The van der Waals surface area contributed by atoms with Crippen molar-refractivity contribution in [3.8, 4) is 5.95 Å². The second-order valence-corrected chi connectivity index (χ2v) is 2.84. The van der Waals surface area contributed by atoms with Crippen molar-refractivity contribution in [1.29, 1.82) is 0 Å². The third-order valence-corrected chi connectivity index (χ3v) is 1.74. The highest BCUT2D eigenvalue weighted by molar-refractivity contribution is 6.00. The molecule has 0 aliphatic rings. The second kappa shape index (κ2) is 4.46. The van der Waals surface area contributed by atoms with Crippen molar-refractivity contribution in [3.05, 3.63) is 35.6 Å². The van der Waals surface area contributed by atoms with Crippen molar-refractivity contribution in [2.75, 3.05) is 0 Å². The van der Waals surface area contributed by atoms with E-state index in [1.54, 1.807) is 24.3 Å². The van der Waals surface area contributed by atoms with Gasteiger partial charge in [-0.15, -0.1) is 0 Å². The predicted molar refractivity (Wildman–Crippen MR) is 53.8 cm³/mol. The van der Waals surface area contributed by atoms with Gasteiger partial charge in [-0.2, -0.15) is 0 Å². The van der Waals surface area contributed by atoms with Crippen molar-refractivity contribution in [2.45, 2.75) is 13.8 Å². The van der Waals surface area contributed by atoms with Crippen LogP contribution in [0.15, 0.2) is 34.5 Å². The van der Waals surface area contributed by atoms with E-state index in [-0.39, 0.29) is 11.7 Å². The van der Waals surface area contributed by atoms with Crippen LogP contribution in [-0.2, 0) is 4.79 Å². The minimum Gasteiger partial charge on any atom is -0.480 e. The summed E-state index contributed by atoms with van der Waals surface area (Å²) in [6.07, 6.45) is 6.41. The van der Waals surface area contributed by atoms with Gasteiger partial charge < -0.3 is 9.52 Å². The smallest absolute Gasteiger partial charge is 0.289 e. The number of rotatable bonds is 3. The molecule has 1 heterocycles. The molecule has 0 spiro atoms. The van der Waals surface area contributed by atoms with Crippen LogP contribution in [0.3, 0.4) is 0 Å². The molecule has 0 aliphatic carbocycles. The molecule has 0 radical (unpaired) electrons. The molecule has 0 aromatic carbocycles. The molecule has 1 N–H and O–H groups in total. The summed E-state index contributed by atoms with van der Waals surface area (Å²) in [5.41, 5.74) is 1.04. The minimum atomic E-state index is -0.173. The monoisotopic (exact) mass is 192 g/mol. The highest BCUT2D eigenvalue weighted by atomic mass is 16.5. The number of hydrogen-bond acceptors (Lipinski definition) is 3. The lowest BCUT2D eigenvalue weighted by Gasteiger charge is -1.94. The van der Waals surface area contributed by atoms with Crippen LogP contribution in [0, 0.1) is 0 Å². The van der Waals surface area contributed by atoms with Gasteiger partial charge in [0.05, 0.1) is 11.8 Å². The molecule has 14 heavy (non-hydrogen) atoms. The largest absolute Gasteiger partial charge is 0.480 e. The molecule has 74 valence electrons. The van der Waals surface area contributed by atoms with E-state index in [4.69, 9.17) is 4.42 Å². The lowest BCUT2D eigenvalue weighted by molar-refractivity contribution is -0.113. The molecule has 0 bridgehead atoms. The summed E-state index contributed by atoms with van der Waals surface area (Å²) < 4.78 is 4.70. The molecule has 1 rings (SSSR count). The third kappa shape index (κ3) is 2.36. The number of hydrogen-bond donors (Lipinski definition) is 1. The molecular weight excluding hydrogens is 180 g/mol. The normalized spacial score (nSPS) is 12.3. The topological polar surface area (TPSA) is 50.4 Å². The van der Waals surface area contributed by atoms with E-state index in [1.807, 2.05) is 6.92 Å². The van der Waals surface area contributed by atoms with Gasteiger partial charge >= 0.3 is 0 Å². The molecule has 0 saturated heterocycles. The number of furan rings is 1. The van der Waals surface area contributed by atoms with Crippen LogP contribution in [-0.4, -0.2) is 10.9 Å². The van der Waals surface area contributed by atoms with Crippen LogP contribution in [0.1, 0.15) is 19.4 Å². The molecule has 1 aromatic rings. The predicted octanol–water partition coefficient (Wildman–Crippen LogP) is 2.53. The van der Waals surface area contributed by atoms with Crippen molar-refractivity contribution in [3.63, 3.8) is 0 Å². The van der Waals surface area contributed by atoms with Crippen LogP contribution in [0.4, 0.5) is 0 Å². The Balaban J connectivity index is 3.05. The van der Waals surface area contributed by atoms with Crippen LogP contribution in [0.25, 0.3) is 6.08 Å². The maximum atomic E-state index is 11.1. The summed E-state index contributed by atoms with van der Waals surface area (Å²) >= 11 is 0. The van der Waals surface area contributed by atoms with Gasteiger partial charge in [-0.3, -0.25) is 4.79 Å². The van der Waals surface area contributed by atoms with Gasteiger partial charge in [0.1, 0.15) is 0 Å². The first-order chi connectivity index (χ1) is 6.65. The fraction of sp³-hybridized carbons (Fsp3) is 0.182. The quantitative estimate of drug-likeness (QED) is 0.591. The Morgan fingerprint density at radius 2 is 2.29 bits per heavy atom. The third-order valence-electron chi connectivity index (χ3n) is 1.74. The molecular formula is C11H12O3. The molecule has 3 nitrogen and oxygen atoms in total. The lowest BCUT2D eigenvalue weighted by Crippen LogP contribution is -1.92. The SMILES string of the molecule is C/C=C/C(=Cc1ccoc1O)C(C)=O. The van der Waals surface area contributed by atoms with E-state index in [0.717, 1.165) is 0 Å². The zero-order valence-corrected chi connectivity index (χ0v) is 8.15. The number of ketones is 1. The fourth-order valence-electron chi connectivity index (χ4n) is 1.04. The van der Waals surface area contributed by atoms with Gasteiger partial charge in [-0.25, -0.2) is 0 Å². The first kappa shape index (κ1) is 10.3. The summed E-state index contributed by atoms with van der Waals surface area (Å²) in [6.45, 7) is 3.30. The number of carbonyl (C=O) groups is 1. The summed E-state index contributed by atoms with van der Waals surface area (Å²) in [7, 11) is 0. The Labute approximate surface area is 82.4 Å². The molecule has 0 atom stereocenters. The van der Waals surface area contributed by atoms with Crippen molar-refractivity contribution < 1.29 is 14.3 Å². The number of aromatic hydroxyl groups is 1. The number of Topliss-reactive ketones (excluding diaryl/α,β-unsaturated/α-hetero) is 1. The zero-order valence-electron chi connectivity index (χ0n) is 8.15. The highest BCUT2D eigenvalue weighted by Crippen LogP contribution is 2.21. The summed E-state index contributed by atoms with van der Waals surface area (Å²) in [5, 5.41) is 9.20. The van der Waals surface area contributed by atoms with Gasteiger partial charge in [0.25, 0.3) is 5.95 Å². The van der Waals surface area contributed by atoms with Crippen LogP contribution < -0.4 is 0 Å². The van der Waals surface area contributed by atoms with E-state index < -0.39 is 0 Å². The van der Waals surface area contributed by atoms with Crippen molar-refractivity contribution >= 4 is 11.9 Å². The standard InChI is InChI=1S/C11H12O3/c1-3-4-9(8(2)12)7-10-5-6-14-11(10)13/h3-7,13H,1-2H3/b4-3+,9-7?. The Kier molecular flexibility index (Phi) is 3.29. The van der Waals surface area contributed by atoms with E-state index in [9.17, 15) is 9.90 Å². The van der Waals surface area contributed by atoms with Gasteiger partial charge in [-0.05, 0) is 26.0 Å². The minimum absolute atomic E-state index is 0.0521. The first-order valence-corrected chi connectivity index (χ1v) is 4.27. The van der Waals surface area contributed by atoms with Gasteiger partial charge in [0.2, 0.25) is 0 Å². The molecule has 0 unspecified atom stereocenters. The lowest BCUT2D eigenvalue weighted by atomic mass is 10.1. The van der Waals surface area contributed by atoms with Crippen molar-refractivity contribution in [2.24, 2.45) is 0 Å². The van der Waals surface area contributed by atoms with Gasteiger partial charge in [0.15, 0.2) is 5.78 Å². The number of carbonyl (C=O) groups excluding carboxylic acids is 1. The Morgan fingerprint density at radius 1 is 1.57 bits per heavy atom. The maximum Gasteiger partial charge on any atom is 0.289 e. The molecule has 0 amide bonds. The Bertz CT molecular complexity index is 383. The molecule has 0 aliphatic heterocycles. The van der Waals surface area contributed by atoms with Gasteiger partial charge in [0, 0.05) is 5.57 Å². The zero-order chi connectivity index (χ0) is 10.6. The van der Waals surface area contributed by atoms with E-state index >= 15 is 0 Å². The van der Waals surface area contributed by atoms with Gasteiger partial charge in [-0.1, -0.05) is 12.2 Å². The fourth-order valence-corrected chi connectivity index (χ4v) is 1.04. The van der Waals surface area contributed by atoms with E-state index in [2.05, 4.69) is 0 Å². The maximum absolute atomic E-state index is 11.1. The summed E-state index contributed by atoms with van der Waals surface area (Å²) in [5.74, 6) is -0.225.